The van der Waals surface area contributed by atoms with Gasteiger partial charge in [-0.1, -0.05) is 6.07 Å². The highest BCUT2D eigenvalue weighted by Gasteiger charge is 2.54. The summed E-state index contributed by atoms with van der Waals surface area (Å²) in [6, 6.07) is 9.98. The second kappa shape index (κ2) is 5.99. The van der Waals surface area contributed by atoms with Crippen LogP contribution in [0.4, 0.5) is 17.1 Å². The molecule has 2 saturated carbocycles. The molecule has 2 fully saturated rings. The third-order valence-corrected chi connectivity index (χ3v) is 7.20. The summed E-state index contributed by atoms with van der Waals surface area (Å²) in [6.45, 7) is 0. The summed E-state index contributed by atoms with van der Waals surface area (Å²) in [6.07, 6.45) is 5.17. The van der Waals surface area contributed by atoms with Crippen LogP contribution < -0.4 is 22.5 Å². The summed E-state index contributed by atoms with van der Waals surface area (Å²) in [7, 11) is 0. The highest BCUT2D eigenvalue weighted by molar-refractivity contribution is 6.00. The Morgan fingerprint density at radius 3 is 2.57 bits per heavy atom. The second-order valence-corrected chi connectivity index (χ2v) is 8.49. The molecule has 2 unspecified atom stereocenters. The van der Waals surface area contributed by atoms with E-state index in [1.54, 1.807) is 0 Å². The van der Waals surface area contributed by atoms with Gasteiger partial charge < -0.3 is 27.9 Å². The Morgan fingerprint density at radius 1 is 1.07 bits per heavy atom. The van der Waals surface area contributed by atoms with Crippen molar-refractivity contribution in [1.82, 2.24) is 0 Å². The van der Waals surface area contributed by atoms with Gasteiger partial charge in [-0.3, -0.25) is 5.41 Å². The van der Waals surface area contributed by atoms with Crippen LogP contribution in [-0.2, 0) is 0 Å². The SMILES string of the molecule is N=Cc1c(N)ccc2c1[C@H]1C3CCC(C3)[C@H]1[C@H](c1ccc(N)c(C(=N)N)c1)N2. The van der Waals surface area contributed by atoms with E-state index in [-0.39, 0.29) is 11.9 Å². The molecule has 0 saturated heterocycles. The van der Waals surface area contributed by atoms with Gasteiger partial charge >= 0.3 is 0 Å². The largest absolute Gasteiger partial charge is 0.398 e. The fraction of sp³-hybridized carbons (Fsp3) is 0.364. The Balaban J connectivity index is 1.67. The van der Waals surface area contributed by atoms with Crippen molar-refractivity contribution >= 4 is 29.1 Å². The second-order valence-electron chi connectivity index (χ2n) is 8.49. The first kappa shape index (κ1) is 17.1. The number of amidine groups is 1. The van der Waals surface area contributed by atoms with Gasteiger partial charge in [-0.25, -0.2) is 0 Å². The van der Waals surface area contributed by atoms with Gasteiger partial charge in [0.05, 0.1) is 6.04 Å². The molecule has 2 aliphatic carbocycles. The average Bonchev–Trinajstić information content (AvgIpc) is 3.30. The lowest BCUT2D eigenvalue weighted by Gasteiger charge is -2.44. The van der Waals surface area contributed by atoms with Crippen molar-refractivity contribution in [3.05, 3.63) is 52.6 Å². The van der Waals surface area contributed by atoms with Gasteiger partial charge in [0.2, 0.25) is 0 Å². The topological polar surface area (TPSA) is 138 Å². The van der Waals surface area contributed by atoms with Crippen LogP contribution >= 0.6 is 0 Å². The quantitative estimate of drug-likeness (QED) is 0.278. The van der Waals surface area contributed by atoms with E-state index in [4.69, 9.17) is 28.0 Å². The molecule has 0 aromatic heterocycles. The lowest BCUT2D eigenvalue weighted by molar-refractivity contribution is 0.247. The monoisotopic (exact) mass is 374 g/mol. The molecule has 1 aliphatic heterocycles. The van der Waals surface area contributed by atoms with E-state index in [2.05, 4.69) is 17.4 Å². The van der Waals surface area contributed by atoms with E-state index in [1.165, 1.54) is 31.0 Å². The maximum atomic E-state index is 7.94. The lowest BCUT2D eigenvalue weighted by Crippen LogP contribution is -2.36. The van der Waals surface area contributed by atoms with Gasteiger partial charge in [-0.2, -0.15) is 0 Å². The number of hydrogen-bond acceptors (Lipinski definition) is 5. The van der Waals surface area contributed by atoms with E-state index in [9.17, 15) is 0 Å². The zero-order valence-electron chi connectivity index (χ0n) is 15.7. The minimum Gasteiger partial charge on any atom is -0.398 e. The minimum atomic E-state index is -0.00100. The van der Waals surface area contributed by atoms with Crippen molar-refractivity contribution in [3.8, 4) is 0 Å². The summed E-state index contributed by atoms with van der Waals surface area (Å²) in [5.41, 5.74) is 24.1. The van der Waals surface area contributed by atoms with Crippen molar-refractivity contribution in [2.45, 2.75) is 31.2 Å². The summed E-state index contributed by atoms with van der Waals surface area (Å²) in [5, 5.41) is 19.5. The van der Waals surface area contributed by atoms with Crippen molar-refractivity contribution in [2.75, 3.05) is 16.8 Å². The Kier molecular flexibility index (Phi) is 3.66. The minimum absolute atomic E-state index is 0.00100. The molecule has 5 rings (SSSR count). The standard InChI is InChI=1S/C22H26N6/c23-9-14-16(25)5-6-17-20(14)18-10-1-2-11(7-10)19(18)21(28-17)12-3-4-15(24)13(8-12)22(26)27/h3-6,8-11,18-19,21,23,28H,1-2,7,24-25H2,(H3,26,27)/t10?,11?,18-,19+,21-/m0/s1. The van der Waals surface area contributed by atoms with Crippen LogP contribution in [0.1, 0.15) is 53.5 Å². The van der Waals surface area contributed by atoms with Crippen molar-refractivity contribution < 1.29 is 0 Å². The molecule has 144 valence electrons. The van der Waals surface area contributed by atoms with E-state index >= 15 is 0 Å². The van der Waals surface area contributed by atoms with Crippen LogP contribution in [0.2, 0.25) is 0 Å². The maximum Gasteiger partial charge on any atom is 0.124 e. The molecule has 1 heterocycles. The smallest absolute Gasteiger partial charge is 0.124 e. The van der Waals surface area contributed by atoms with Gasteiger partial charge in [0.25, 0.3) is 0 Å². The normalized spacial score (nSPS) is 29.6. The average molecular weight is 374 g/mol. The molecule has 0 amide bonds. The number of nitrogens with one attached hydrogen (secondary N) is 3. The molecule has 0 radical (unpaired) electrons. The summed E-state index contributed by atoms with van der Waals surface area (Å²) in [5.74, 6) is 2.19. The summed E-state index contributed by atoms with van der Waals surface area (Å²) < 4.78 is 0. The van der Waals surface area contributed by atoms with Crippen LogP contribution in [0.3, 0.4) is 0 Å². The molecule has 0 spiro atoms. The summed E-state index contributed by atoms with van der Waals surface area (Å²) in [4.78, 5) is 0. The van der Waals surface area contributed by atoms with Gasteiger partial charge in [-0.15, -0.1) is 0 Å². The van der Waals surface area contributed by atoms with Crippen LogP contribution in [0.15, 0.2) is 30.3 Å². The Morgan fingerprint density at radius 2 is 1.82 bits per heavy atom. The molecular formula is C22H26N6. The van der Waals surface area contributed by atoms with Crippen LogP contribution in [0, 0.1) is 28.6 Å². The third kappa shape index (κ3) is 2.27. The number of nitrogens with two attached hydrogens (primary N) is 3. The molecule has 2 bridgehead atoms. The molecule has 9 N–H and O–H groups in total. The van der Waals surface area contributed by atoms with E-state index in [0.29, 0.717) is 40.6 Å². The van der Waals surface area contributed by atoms with E-state index in [1.807, 2.05) is 18.2 Å². The Hall–Kier alpha value is -3.02. The number of nitrogen functional groups attached to an aromatic ring is 3. The predicted octanol–water partition coefficient (Wildman–Crippen LogP) is 3.43. The van der Waals surface area contributed by atoms with E-state index in [0.717, 1.165) is 16.8 Å². The number of benzene rings is 2. The molecular weight excluding hydrogens is 348 g/mol. The third-order valence-electron chi connectivity index (χ3n) is 7.20. The first-order chi connectivity index (χ1) is 13.5. The molecule has 3 aliphatic rings. The molecule has 5 atom stereocenters. The maximum absolute atomic E-state index is 7.94. The van der Waals surface area contributed by atoms with Gasteiger partial charge in [0, 0.05) is 34.4 Å². The van der Waals surface area contributed by atoms with Gasteiger partial charge in [0.15, 0.2) is 0 Å². The first-order valence-corrected chi connectivity index (χ1v) is 9.92. The zero-order chi connectivity index (χ0) is 19.6. The fourth-order valence-corrected chi connectivity index (χ4v) is 6.11. The van der Waals surface area contributed by atoms with Crippen molar-refractivity contribution in [2.24, 2.45) is 23.5 Å². The predicted molar refractivity (Wildman–Crippen MR) is 114 cm³/mol. The van der Waals surface area contributed by atoms with Crippen LogP contribution in [0.5, 0.6) is 0 Å². The fourth-order valence-electron chi connectivity index (χ4n) is 6.11. The van der Waals surface area contributed by atoms with Crippen molar-refractivity contribution in [3.63, 3.8) is 0 Å². The number of rotatable bonds is 3. The van der Waals surface area contributed by atoms with Gasteiger partial charge in [0.1, 0.15) is 5.84 Å². The van der Waals surface area contributed by atoms with Gasteiger partial charge in [-0.05, 0) is 78.3 Å². The number of hydrogen-bond donors (Lipinski definition) is 6. The highest BCUT2D eigenvalue weighted by Crippen LogP contribution is 2.64. The molecule has 6 nitrogen and oxygen atoms in total. The molecule has 2 aromatic rings. The highest BCUT2D eigenvalue weighted by atomic mass is 15.0. The lowest BCUT2D eigenvalue weighted by atomic mass is 9.67. The summed E-state index contributed by atoms with van der Waals surface area (Å²) >= 11 is 0. The number of fused-ring (bicyclic) bond motifs is 7. The van der Waals surface area contributed by atoms with Crippen LogP contribution in [0.25, 0.3) is 0 Å². The molecule has 2 aromatic carbocycles. The number of anilines is 3. The Labute approximate surface area is 164 Å². The molecule has 6 heteroatoms. The van der Waals surface area contributed by atoms with E-state index < -0.39 is 0 Å². The van der Waals surface area contributed by atoms with Crippen molar-refractivity contribution in [1.29, 1.82) is 10.8 Å². The first-order valence-electron chi connectivity index (χ1n) is 9.92. The van der Waals surface area contributed by atoms with Crippen LogP contribution in [-0.4, -0.2) is 12.1 Å². The zero-order valence-corrected chi connectivity index (χ0v) is 15.7. The Bertz CT molecular complexity index is 997. The molecule has 28 heavy (non-hydrogen) atoms.